The molecule has 27 heavy (non-hydrogen) atoms. The Morgan fingerprint density at radius 1 is 1.33 bits per heavy atom. The molecule has 1 N–H and O–H groups in total. The van der Waals surface area contributed by atoms with Crippen molar-refractivity contribution in [2.24, 2.45) is 0 Å². The van der Waals surface area contributed by atoms with Crippen molar-refractivity contribution in [3.05, 3.63) is 41.2 Å². The van der Waals surface area contributed by atoms with Crippen LogP contribution in [0.5, 0.6) is 5.75 Å². The Hall–Kier alpha value is -2.83. The molecule has 0 saturated carbocycles. The summed E-state index contributed by atoms with van der Waals surface area (Å²) in [6.45, 7) is 5.11. The minimum Gasteiger partial charge on any atom is -0.482 e. The van der Waals surface area contributed by atoms with Crippen molar-refractivity contribution in [3.63, 3.8) is 0 Å². The third-order valence-electron chi connectivity index (χ3n) is 5.45. The summed E-state index contributed by atoms with van der Waals surface area (Å²) in [7, 11) is 0. The van der Waals surface area contributed by atoms with Crippen LogP contribution in [0.4, 0.5) is 5.69 Å². The lowest BCUT2D eigenvalue weighted by molar-refractivity contribution is -0.132. The summed E-state index contributed by atoms with van der Waals surface area (Å²) in [4.78, 5) is 28.9. The predicted octanol–water partition coefficient (Wildman–Crippen LogP) is 2.51. The van der Waals surface area contributed by atoms with Gasteiger partial charge in [0.25, 0.3) is 5.91 Å². The molecule has 0 bridgehead atoms. The summed E-state index contributed by atoms with van der Waals surface area (Å²) in [6, 6.07) is 7.52. The molecule has 1 fully saturated rings. The first-order chi connectivity index (χ1) is 13.1. The van der Waals surface area contributed by atoms with Crippen molar-refractivity contribution in [1.82, 2.24) is 15.1 Å². The average Bonchev–Trinajstić information content (AvgIpc) is 3.27. The minimum absolute atomic E-state index is 0.0188. The summed E-state index contributed by atoms with van der Waals surface area (Å²) in [5, 5.41) is 7.30. The Morgan fingerprint density at radius 2 is 2.15 bits per heavy atom. The molecule has 4 rings (SSSR count). The van der Waals surface area contributed by atoms with Gasteiger partial charge < -0.3 is 14.5 Å². The molecule has 7 heteroatoms. The van der Waals surface area contributed by atoms with Crippen LogP contribution in [0.25, 0.3) is 0 Å². The highest BCUT2D eigenvalue weighted by Crippen LogP contribution is 2.36. The molecule has 1 atom stereocenters. The number of carbonyl (C=O) groups is 2. The number of aryl methyl sites for hydroxylation is 2. The SMILES string of the molecule is Cc1n[nH]c(C)c1C1CCCN1C(=O)CCN1C(=O)COc2ccccc21. The molecule has 2 aliphatic heterocycles. The quantitative estimate of drug-likeness (QED) is 0.899. The van der Waals surface area contributed by atoms with Crippen molar-refractivity contribution in [2.75, 3.05) is 24.6 Å². The number of hydrogen-bond acceptors (Lipinski definition) is 4. The molecule has 0 spiro atoms. The third-order valence-corrected chi connectivity index (χ3v) is 5.45. The number of ether oxygens (including phenoxy) is 1. The fourth-order valence-corrected chi connectivity index (χ4v) is 4.17. The van der Waals surface area contributed by atoms with E-state index in [2.05, 4.69) is 10.2 Å². The van der Waals surface area contributed by atoms with Gasteiger partial charge in [-0.1, -0.05) is 12.1 Å². The second-order valence-corrected chi connectivity index (χ2v) is 7.14. The van der Waals surface area contributed by atoms with Gasteiger partial charge in [-0.25, -0.2) is 0 Å². The summed E-state index contributed by atoms with van der Waals surface area (Å²) >= 11 is 0. The van der Waals surface area contributed by atoms with Gasteiger partial charge in [0, 0.05) is 30.8 Å². The molecule has 142 valence electrons. The van der Waals surface area contributed by atoms with Crippen LogP contribution in [0.2, 0.25) is 0 Å². The van der Waals surface area contributed by atoms with Gasteiger partial charge in [-0.2, -0.15) is 5.10 Å². The summed E-state index contributed by atoms with van der Waals surface area (Å²) in [5.41, 5.74) is 3.85. The largest absolute Gasteiger partial charge is 0.482 e. The number of benzene rings is 1. The zero-order valence-corrected chi connectivity index (χ0v) is 15.7. The lowest BCUT2D eigenvalue weighted by atomic mass is 10.0. The lowest BCUT2D eigenvalue weighted by Crippen LogP contribution is -2.41. The maximum absolute atomic E-state index is 13.0. The number of hydrogen-bond donors (Lipinski definition) is 1. The lowest BCUT2D eigenvalue weighted by Gasteiger charge is -2.30. The molecule has 3 heterocycles. The second-order valence-electron chi connectivity index (χ2n) is 7.14. The summed E-state index contributed by atoms with van der Waals surface area (Å²) in [5.74, 6) is 0.656. The molecular weight excluding hydrogens is 344 g/mol. The Kier molecular flexibility index (Phi) is 4.59. The number of aromatic amines is 1. The molecule has 2 aliphatic rings. The number of fused-ring (bicyclic) bond motifs is 1. The number of nitrogens with one attached hydrogen (secondary N) is 1. The Bertz CT molecular complexity index is 856. The molecule has 2 amide bonds. The van der Waals surface area contributed by atoms with Crippen molar-refractivity contribution in [2.45, 2.75) is 39.2 Å². The van der Waals surface area contributed by atoms with Gasteiger partial charge in [-0.05, 0) is 38.8 Å². The van der Waals surface area contributed by atoms with Crippen LogP contribution in [0.3, 0.4) is 0 Å². The fraction of sp³-hybridized carbons (Fsp3) is 0.450. The van der Waals surface area contributed by atoms with Gasteiger partial charge in [0.15, 0.2) is 6.61 Å². The highest BCUT2D eigenvalue weighted by atomic mass is 16.5. The van der Waals surface area contributed by atoms with E-state index < -0.39 is 0 Å². The standard InChI is InChI=1S/C20H24N4O3/c1-13-20(14(2)22-21-13)16-7-5-10-23(16)18(25)9-11-24-15-6-3-4-8-17(15)27-12-19(24)26/h3-4,6,8,16H,5,7,9-12H2,1-2H3,(H,21,22). The number of nitrogens with zero attached hydrogens (tertiary/aromatic N) is 3. The molecule has 0 aliphatic carbocycles. The average molecular weight is 368 g/mol. The topological polar surface area (TPSA) is 78.5 Å². The van der Waals surface area contributed by atoms with Gasteiger partial charge in [0.1, 0.15) is 5.75 Å². The van der Waals surface area contributed by atoms with E-state index >= 15 is 0 Å². The van der Waals surface area contributed by atoms with E-state index in [1.807, 2.05) is 43.0 Å². The van der Waals surface area contributed by atoms with Gasteiger partial charge in [-0.15, -0.1) is 0 Å². The number of para-hydroxylation sites is 2. The van der Waals surface area contributed by atoms with Crippen LogP contribution in [0.15, 0.2) is 24.3 Å². The predicted molar refractivity (Wildman–Crippen MR) is 101 cm³/mol. The van der Waals surface area contributed by atoms with Crippen LogP contribution in [0, 0.1) is 13.8 Å². The zero-order chi connectivity index (χ0) is 19.0. The first kappa shape index (κ1) is 17.6. The fourth-order valence-electron chi connectivity index (χ4n) is 4.17. The van der Waals surface area contributed by atoms with Crippen LogP contribution >= 0.6 is 0 Å². The number of H-pyrrole nitrogens is 1. The maximum atomic E-state index is 13.0. The van der Waals surface area contributed by atoms with E-state index in [1.54, 1.807) is 4.90 Å². The highest BCUT2D eigenvalue weighted by molar-refractivity contribution is 5.98. The van der Waals surface area contributed by atoms with Gasteiger partial charge >= 0.3 is 0 Å². The number of aromatic nitrogens is 2. The Labute approximate surface area is 158 Å². The normalized spacial score (nSPS) is 19.2. The van der Waals surface area contributed by atoms with E-state index in [9.17, 15) is 9.59 Å². The highest BCUT2D eigenvalue weighted by Gasteiger charge is 2.33. The van der Waals surface area contributed by atoms with Crippen LogP contribution in [0.1, 0.15) is 42.3 Å². The van der Waals surface area contributed by atoms with Crippen molar-refractivity contribution in [3.8, 4) is 5.75 Å². The molecule has 1 aromatic carbocycles. The molecule has 1 aromatic heterocycles. The van der Waals surface area contributed by atoms with Crippen molar-refractivity contribution in [1.29, 1.82) is 0 Å². The van der Waals surface area contributed by atoms with E-state index in [0.29, 0.717) is 18.7 Å². The number of rotatable bonds is 4. The van der Waals surface area contributed by atoms with E-state index in [0.717, 1.165) is 42.0 Å². The maximum Gasteiger partial charge on any atom is 0.265 e. The van der Waals surface area contributed by atoms with Crippen LogP contribution in [-0.2, 0) is 9.59 Å². The second kappa shape index (κ2) is 7.06. The van der Waals surface area contributed by atoms with Gasteiger partial charge in [0.2, 0.25) is 5.91 Å². The summed E-state index contributed by atoms with van der Waals surface area (Å²) < 4.78 is 5.47. The minimum atomic E-state index is -0.110. The molecular formula is C20H24N4O3. The van der Waals surface area contributed by atoms with E-state index in [1.165, 1.54) is 0 Å². The molecule has 7 nitrogen and oxygen atoms in total. The number of anilines is 1. The van der Waals surface area contributed by atoms with E-state index in [-0.39, 0.29) is 24.5 Å². The number of carbonyl (C=O) groups excluding carboxylic acids is 2. The van der Waals surface area contributed by atoms with E-state index in [4.69, 9.17) is 4.74 Å². The summed E-state index contributed by atoms with van der Waals surface area (Å²) in [6.07, 6.45) is 2.23. The van der Waals surface area contributed by atoms with Crippen LogP contribution in [-0.4, -0.2) is 46.6 Å². The van der Waals surface area contributed by atoms with Crippen molar-refractivity contribution < 1.29 is 14.3 Å². The van der Waals surface area contributed by atoms with Crippen molar-refractivity contribution >= 4 is 17.5 Å². The molecule has 2 aromatic rings. The number of amides is 2. The first-order valence-corrected chi connectivity index (χ1v) is 9.39. The Balaban J connectivity index is 1.47. The zero-order valence-electron chi connectivity index (χ0n) is 15.7. The molecule has 1 unspecified atom stereocenters. The monoisotopic (exact) mass is 368 g/mol. The molecule has 0 radical (unpaired) electrons. The van der Waals surface area contributed by atoms with Crippen LogP contribution < -0.4 is 9.64 Å². The number of likely N-dealkylation sites (tertiary alicyclic amines) is 1. The smallest absolute Gasteiger partial charge is 0.265 e. The van der Waals surface area contributed by atoms with Gasteiger partial charge in [-0.3, -0.25) is 14.7 Å². The first-order valence-electron chi connectivity index (χ1n) is 9.39. The molecule has 1 saturated heterocycles. The third kappa shape index (κ3) is 3.18. The van der Waals surface area contributed by atoms with Gasteiger partial charge in [0.05, 0.1) is 17.4 Å². The Morgan fingerprint density at radius 3 is 2.93 bits per heavy atom.